The van der Waals surface area contributed by atoms with E-state index in [9.17, 15) is 0 Å². The Morgan fingerprint density at radius 1 is 0.818 bits per heavy atom. The van der Waals surface area contributed by atoms with Crippen LogP contribution in [0.1, 0.15) is 51.7 Å². The summed E-state index contributed by atoms with van der Waals surface area (Å²) in [5.41, 5.74) is 11.8. The van der Waals surface area contributed by atoms with Crippen molar-refractivity contribution in [3.8, 4) is 0 Å². The van der Waals surface area contributed by atoms with Crippen LogP contribution in [0.3, 0.4) is 0 Å². The van der Waals surface area contributed by atoms with Crippen molar-refractivity contribution in [3.05, 3.63) is 41.5 Å². The molecule has 0 saturated carbocycles. The van der Waals surface area contributed by atoms with Gasteiger partial charge in [-0.05, 0) is 59.1 Å². The largest absolute Gasteiger partial charge is 0.456 e. The molecule has 0 atom stereocenters. The van der Waals surface area contributed by atoms with E-state index in [1.165, 1.54) is 29.4 Å². The molecule has 0 saturated heterocycles. The topological polar surface area (TPSA) is 39.2 Å². The second-order valence-electron chi connectivity index (χ2n) is 8.02. The van der Waals surface area contributed by atoms with E-state index in [-0.39, 0.29) is 10.8 Å². The van der Waals surface area contributed by atoms with Gasteiger partial charge in [0.25, 0.3) is 0 Å². The molecule has 0 amide bonds. The second kappa shape index (κ2) is 4.07. The summed E-state index contributed by atoms with van der Waals surface area (Å²) >= 11 is 0. The number of anilines is 1. The Morgan fingerprint density at radius 2 is 1.41 bits per heavy atom. The van der Waals surface area contributed by atoms with Crippen molar-refractivity contribution in [2.45, 2.75) is 51.4 Å². The van der Waals surface area contributed by atoms with Gasteiger partial charge in [-0.1, -0.05) is 27.7 Å². The highest BCUT2D eigenvalue weighted by atomic mass is 16.3. The molecule has 1 aliphatic carbocycles. The zero-order chi connectivity index (χ0) is 15.7. The van der Waals surface area contributed by atoms with Crippen LogP contribution in [-0.2, 0) is 10.8 Å². The van der Waals surface area contributed by atoms with E-state index in [1.54, 1.807) is 0 Å². The fourth-order valence-electron chi connectivity index (χ4n) is 3.85. The van der Waals surface area contributed by atoms with Gasteiger partial charge in [-0.25, -0.2) is 0 Å². The van der Waals surface area contributed by atoms with Crippen LogP contribution in [0.15, 0.2) is 34.7 Å². The third-order valence-electron chi connectivity index (χ3n) is 5.47. The summed E-state index contributed by atoms with van der Waals surface area (Å²) in [6.07, 6.45) is 2.44. The van der Waals surface area contributed by atoms with Crippen molar-refractivity contribution in [2.75, 3.05) is 5.73 Å². The monoisotopic (exact) mass is 293 g/mol. The molecule has 0 spiro atoms. The van der Waals surface area contributed by atoms with Crippen LogP contribution in [-0.4, -0.2) is 0 Å². The Labute approximate surface area is 131 Å². The molecule has 2 nitrogen and oxygen atoms in total. The number of fused-ring (bicyclic) bond motifs is 4. The third kappa shape index (κ3) is 1.79. The molecular formula is C20H23NO. The zero-order valence-electron chi connectivity index (χ0n) is 13.8. The molecule has 0 bridgehead atoms. The Morgan fingerprint density at radius 3 is 2.09 bits per heavy atom. The number of furan rings is 1. The first-order valence-electron chi connectivity index (χ1n) is 8.05. The SMILES string of the molecule is CC1(C)CCC(C)(C)c2cc3c(cc21)oc1cc(N)ccc13. The highest BCUT2D eigenvalue weighted by molar-refractivity contribution is 6.06. The Kier molecular flexibility index (Phi) is 2.53. The third-order valence-corrected chi connectivity index (χ3v) is 5.47. The van der Waals surface area contributed by atoms with Crippen molar-refractivity contribution in [2.24, 2.45) is 0 Å². The van der Waals surface area contributed by atoms with E-state index < -0.39 is 0 Å². The van der Waals surface area contributed by atoms with Crippen molar-refractivity contribution < 1.29 is 4.42 Å². The van der Waals surface area contributed by atoms with E-state index in [4.69, 9.17) is 10.2 Å². The number of rotatable bonds is 0. The number of benzene rings is 2. The second-order valence-corrected chi connectivity index (χ2v) is 8.02. The van der Waals surface area contributed by atoms with Crippen LogP contribution in [0, 0.1) is 0 Å². The van der Waals surface area contributed by atoms with E-state index in [1.807, 2.05) is 12.1 Å². The summed E-state index contributed by atoms with van der Waals surface area (Å²) in [4.78, 5) is 0. The molecule has 2 N–H and O–H groups in total. The van der Waals surface area contributed by atoms with Crippen molar-refractivity contribution >= 4 is 27.6 Å². The molecule has 1 aromatic heterocycles. The minimum absolute atomic E-state index is 0.205. The van der Waals surface area contributed by atoms with Crippen molar-refractivity contribution in [1.82, 2.24) is 0 Å². The van der Waals surface area contributed by atoms with Gasteiger partial charge in [-0.2, -0.15) is 0 Å². The van der Waals surface area contributed by atoms with E-state index in [2.05, 4.69) is 45.9 Å². The molecule has 4 rings (SSSR count). The van der Waals surface area contributed by atoms with Gasteiger partial charge in [-0.15, -0.1) is 0 Å². The van der Waals surface area contributed by atoms with Gasteiger partial charge >= 0.3 is 0 Å². The molecule has 2 heteroatoms. The smallest absolute Gasteiger partial charge is 0.137 e. The van der Waals surface area contributed by atoms with Crippen LogP contribution in [0.5, 0.6) is 0 Å². The zero-order valence-corrected chi connectivity index (χ0v) is 13.8. The Hall–Kier alpha value is -1.96. The predicted molar refractivity (Wildman–Crippen MR) is 93.4 cm³/mol. The van der Waals surface area contributed by atoms with Crippen LogP contribution < -0.4 is 5.73 Å². The van der Waals surface area contributed by atoms with Gasteiger partial charge in [-0.3, -0.25) is 0 Å². The summed E-state index contributed by atoms with van der Waals surface area (Å²) in [6.45, 7) is 9.39. The number of nitrogens with two attached hydrogens (primary N) is 1. The lowest BCUT2D eigenvalue weighted by Crippen LogP contribution is -2.33. The summed E-state index contributed by atoms with van der Waals surface area (Å²) < 4.78 is 6.08. The fourth-order valence-corrected chi connectivity index (χ4v) is 3.85. The highest BCUT2D eigenvalue weighted by Crippen LogP contribution is 2.48. The molecule has 0 radical (unpaired) electrons. The summed E-state index contributed by atoms with van der Waals surface area (Å²) in [5.74, 6) is 0. The molecule has 1 heterocycles. The van der Waals surface area contributed by atoms with Gasteiger partial charge in [0.15, 0.2) is 0 Å². The van der Waals surface area contributed by atoms with Crippen LogP contribution in [0.4, 0.5) is 5.69 Å². The van der Waals surface area contributed by atoms with Crippen LogP contribution >= 0.6 is 0 Å². The molecule has 22 heavy (non-hydrogen) atoms. The van der Waals surface area contributed by atoms with E-state index in [0.717, 1.165) is 22.2 Å². The molecule has 1 aliphatic rings. The van der Waals surface area contributed by atoms with Gasteiger partial charge in [0.2, 0.25) is 0 Å². The first-order chi connectivity index (χ1) is 10.3. The van der Waals surface area contributed by atoms with Crippen molar-refractivity contribution in [1.29, 1.82) is 0 Å². The molecule has 0 aliphatic heterocycles. The maximum Gasteiger partial charge on any atom is 0.137 e. The minimum Gasteiger partial charge on any atom is -0.456 e. The lowest BCUT2D eigenvalue weighted by Gasteiger charge is -2.41. The van der Waals surface area contributed by atoms with Gasteiger partial charge in [0, 0.05) is 22.5 Å². The van der Waals surface area contributed by atoms with Crippen molar-refractivity contribution in [3.63, 3.8) is 0 Å². The van der Waals surface area contributed by atoms with Gasteiger partial charge in [0.05, 0.1) is 0 Å². The minimum atomic E-state index is 0.205. The molecule has 114 valence electrons. The average molecular weight is 293 g/mol. The fraction of sp³-hybridized carbons (Fsp3) is 0.400. The molecule has 3 aromatic rings. The van der Waals surface area contributed by atoms with Gasteiger partial charge in [0.1, 0.15) is 11.2 Å². The first kappa shape index (κ1) is 13.7. The molecule has 0 fully saturated rings. The predicted octanol–water partition coefficient (Wildman–Crippen LogP) is 5.52. The standard InChI is InChI=1S/C20H23NO/c1-19(2)7-8-20(3,4)16-11-18-14(10-15(16)19)13-6-5-12(21)9-17(13)22-18/h5-6,9-11H,7-8,21H2,1-4H3. The summed E-state index contributed by atoms with van der Waals surface area (Å²) in [6, 6.07) is 10.6. The average Bonchev–Trinajstić information content (AvgIpc) is 2.79. The quantitative estimate of drug-likeness (QED) is 0.554. The first-order valence-corrected chi connectivity index (χ1v) is 8.05. The van der Waals surface area contributed by atoms with Crippen LogP contribution in [0.2, 0.25) is 0 Å². The van der Waals surface area contributed by atoms with Crippen LogP contribution in [0.25, 0.3) is 21.9 Å². The highest BCUT2D eigenvalue weighted by Gasteiger charge is 2.37. The van der Waals surface area contributed by atoms with Gasteiger partial charge < -0.3 is 10.2 Å². The molecule has 2 aromatic carbocycles. The lowest BCUT2D eigenvalue weighted by molar-refractivity contribution is 0.332. The maximum atomic E-state index is 6.08. The number of hydrogen-bond donors (Lipinski definition) is 1. The summed E-state index contributed by atoms with van der Waals surface area (Å²) in [5, 5.41) is 2.37. The molecule has 0 unspecified atom stereocenters. The van der Waals surface area contributed by atoms with E-state index in [0.29, 0.717) is 0 Å². The summed E-state index contributed by atoms with van der Waals surface area (Å²) in [7, 11) is 0. The number of nitrogen functional groups attached to an aromatic ring is 1. The lowest BCUT2D eigenvalue weighted by atomic mass is 9.63. The Balaban J connectivity index is 2.11. The Bertz CT molecular complexity index is 899. The van der Waals surface area contributed by atoms with E-state index >= 15 is 0 Å². The maximum absolute atomic E-state index is 6.08. The molecular weight excluding hydrogens is 270 g/mol. The normalized spacial score (nSPS) is 19.5. The number of hydrogen-bond acceptors (Lipinski definition) is 2.